The fourth-order valence-corrected chi connectivity index (χ4v) is 1.88. The molecule has 0 aliphatic heterocycles. The molecule has 1 amide bonds. The van der Waals surface area contributed by atoms with Gasteiger partial charge in [0.05, 0.1) is 17.4 Å². The molecule has 1 aromatic heterocycles. The summed E-state index contributed by atoms with van der Waals surface area (Å²) in [5.41, 5.74) is 5.22. The third-order valence-corrected chi connectivity index (χ3v) is 2.85. The lowest BCUT2D eigenvalue weighted by atomic mass is 10.1. The number of nitro groups is 1. The Morgan fingerprint density at radius 3 is 2.62 bits per heavy atom. The molecule has 2 N–H and O–H groups in total. The Labute approximate surface area is 138 Å². The van der Waals surface area contributed by atoms with Gasteiger partial charge in [0.2, 0.25) is 11.7 Å². The molecule has 0 saturated carbocycles. The van der Waals surface area contributed by atoms with Crippen LogP contribution in [0.15, 0.2) is 36.7 Å². The van der Waals surface area contributed by atoms with Crippen molar-refractivity contribution in [3.63, 3.8) is 0 Å². The summed E-state index contributed by atoms with van der Waals surface area (Å²) in [6, 6.07) is 9.10. The first-order valence-corrected chi connectivity index (χ1v) is 7.22. The van der Waals surface area contributed by atoms with Crippen LogP contribution < -0.4 is 15.6 Å². The molecule has 2 rings (SSSR count). The molecule has 1 heterocycles. The lowest BCUT2D eigenvalue weighted by Gasteiger charge is -2.12. The van der Waals surface area contributed by atoms with Crippen molar-refractivity contribution in [2.75, 3.05) is 5.43 Å². The van der Waals surface area contributed by atoms with Gasteiger partial charge in [0, 0.05) is 0 Å². The number of hydrogen-bond donors (Lipinski definition) is 2. The molecule has 0 radical (unpaired) electrons. The minimum absolute atomic E-state index is 0.127. The molecular weight excluding hydrogens is 314 g/mol. The van der Waals surface area contributed by atoms with Crippen molar-refractivity contribution in [3.05, 3.63) is 52.3 Å². The molecule has 9 nitrogen and oxygen atoms in total. The molecule has 0 atom stereocenters. The standard InChI is InChI=1S/C15H17N5O4/c1-10(2)24-15-13(20(22)23)14(16-9-17-15)19-18-12(21)8-11-6-4-3-5-7-11/h3-7,9-10H,8H2,1-2H3,(H,18,21)(H,16,17,19). The van der Waals surface area contributed by atoms with Gasteiger partial charge in [-0.2, -0.15) is 4.98 Å². The Balaban J connectivity index is 2.09. The molecular formula is C15H17N5O4. The Bertz CT molecular complexity index is 721. The molecule has 0 saturated heterocycles. The van der Waals surface area contributed by atoms with Crippen LogP contribution in [0.1, 0.15) is 19.4 Å². The molecule has 0 fully saturated rings. The van der Waals surface area contributed by atoms with Gasteiger partial charge in [0.15, 0.2) is 0 Å². The number of nitrogens with zero attached hydrogens (tertiary/aromatic N) is 3. The second-order valence-electron chi connectivity index (χ2n) is 5.14. The normalized spacial score (nSPS) is 10.3. The zero-order valence-corrected chi connectivity index (χ0v) is 13.2. The van der Waals surface area contributed by atoms with E-state index >= 15 is 0 Å². The number of carbonyl (C=O) groups is 1. The molecule has 0 spiro atoms. The van der Waals surface area contributed by atoms with E-state index in [2.05, 4.69) is 20.8 Å². The zero-order chi connectivity index (χ0) is 17.5. The quantitative estimate of drug-likeness (QED) is 0.587. The number of hydrazine groups is 1. The number of benzene rings is 1. The van der Waals surface area contributed by atoms with E-state index in [9.17, 15) is 14.9 Å². The average Bonchev–Trinajstić information content (AvgIpc) is 2.53. The van der Waals surface area contributed by atoms with Gasteiger partial charge >= 0.3 is 5.69 Å². The number of rotatable bonds is 7. The molecule has 0 bridgehead atoms. The van der Waals surface area contributed by atoms with Crippen LogP contribution in [0.25, 0.3) is 0 Å². The highest BCUT2D eigenvalue weighted by Crippen LogP contribution is 2.30. The number of aromatic nitrogens is 2. The molecule has 0 aliphatic carbocycles. The number of hydrogen-bond acceptors (Lipinski definition) is 7. The summed E-state index contributed by atoms with van der Waals surface area (Å²) < 4.78 is 5.30. The van der Waals surface area contributed by atoms with Crippen LogP contribution in [0.4, 0.5) is 11.5 Å². The summed E-state index contributed by atoms with van der Waals surface area (Å²) in [6.07, 6.45) is 0.956. The maximum atomic E-state index is 11.9. The van der Waals surface area contributed by atoms with Crippen LogP contribution in [-0.2, 0) is 11.2 Å². The monoisotopic (exact) mass is 331 g/mol. The highest BCUT2D eigenvalue weighted by Gasteiger charge is 2.25. The molecule has 1 aromatic carbocycles. The van der Waals surface area contributed by atoms with Crippen LogP contribution in [0.3, 0.4) is 0 Å². The summed E-state index contributed by atoms with van der Waals surface area (Å²) in [5.74, 6) is -0.669. The summed E-state index contributed by atoms with van der Waals surface area (Å²) >= 11 is 0. The van der Waals surface area contributed by atoms with Gasteiger partial charge < -0.3 is 4.74 Å². The van der Waals surface area contributed by atoms with Crippen LogP contribution in [-0.4, -0.2) is 26.9 Å². The third kappa shape index (κ3) is 4.63. The Morgan fingerprint density at radius 1 is 1.29 bits per heavy atom. The first-order chi connectivity index (χ1) is 11.5. The minimum atomic E-state index is -0.663. The van der Waals surface area contributed by atoms with Gasteiger partial charge in [0.1, 0.15) is 6.33 Å². The van der Waals surface area contributed by atoms with E-state index in [1.165, 1.54) is 0 Å². The number of amides is 1. The van der Waals surface area contributed by atoms with Crippen molar-refractivity contribution >= 4 is 17.4 Å². The first-order valence-electron chi connectivity index (χ1n) is 7.22. The van der Waals surface area contributed by atoms with E-state index in [0.29, 0.717) is 0 Å². The van der Waals surface area contributed by atoms with Gasteiger partial charge in [-0.1, -0.05) is 30.3 Å². The number of ether oxygens (including phenoxy) is 1. The lowest BCUT2D eigenvalue weighted by molar-refractivity contribution is -0.385. The molecule has 0 aliphatic rings. The SMILES string of the molecule is CC(C)Oc1ncnc(NNC(=O)Cc2ccccc2)c1[N+](=O)[O-]. The summed E-state index contributed by atoms with van der Waals surface area (Å²) in [5, 5.41) is 11.3. The Morgan fingerprint density at radius 2 is 2.00 bits per heavy atom. The van der Waals surface area contributed by atoms with Gasteiger partial charge in [-0.3, -0.25) is 25.8 Å². The van der Waals surface area contributed by atoms with E-state index in [1.807, 2.05) is 18.2 Å². The predicted molar refractivity (Wildman–Crippen MR) is 86.4 cm³/mol. The van der Waals surface area contributed by atoms with Crippen molar-refractivity contribution in [2.24, 2.45) is 0 Å². The molecule has 9 heteroatoms. The summed E-state index contributed by atoms with van der Waals surface area (Å²) in [6.45, 7) is 3.45. The van der Waals surface area contributed by atoms with Crippen molar-refractivity contribution in [1.82, 2.24) is 15.4 Å². The van der Waals surface area contributed by atoms with E-state index in [4.69, 9.17) is 4.74 Å². The molecule has 24 heavy (non-hydrogen) atoms. The van der Waals surface area contributed by atoms with Gasteiger partial charge in [-0.15, -0.1) is 0 Å². The summed E-state index contributed by atoms with van der Waals surface area (Å²) in [4.78, 5) is 30.1. The van der Waals surface area contributed by atoms with Gasteiger partial charge in [-0.25, -0.2) is 4.98 Å². The van der Waals surface area contributed by atoms with E-state index in [0.717, 1.165) is 11.9 Å². The maximum absolute atomic E-state index is 11.9. The van der Waals surface area contributed by atoms with Crippen molar-refractivity contribution < 1.29 is 14.5 Å². The molecule has 126 valence electrons. The largest absolute Gasteiger partial charge is 0.470 e. The van der Waals surface area contributed by atoms with Crippen LogP contribution in [0, 0.1) is 10.1 Å². The number of anilines is 1. The lowest BCUT2D eigenvalue weighted by Crippen LogP contribution is -2.31. The maximum Gasteiger partial charge on any atom is 0.374 e. The Kier molecular flexibility index (Phi) is 5.61. The van der Waals surface area contributed by atoms with Crippen molar-refractivity contribution in [2.45, 2.75) is 26.4 Å². The summed E-state index contributed by atoms with van der Waals surface area (Å²) in [7, 11) is 0. The van der Waals surface area contributed by atoms with Crippen molar-refractivity contribution in [1.29, 1.82) is 0 Å². The van der Waals surface area contributed by atoms with Crippen LogP contribution in [0.5, 0.6) is 5.88 Å². The highest BCUT2D eigenvalue weighted by molar-refractivity contribution is 5.80. The second kappa shape index (κ2) is 7.86. The smallest absolute Gasteiger partial charge is 0.374 e. The predicted octanol–water partition coefficient (Wildman–Crippen LogP) is 1.86. The number of nitrogens with one attached hydrogen (secondary N) is 2. The molecule has 0 unspecified atom stereocenters. The van der Waals surface area contributed by atoms with E-state index in [1.54, 1.807) is 26.0 Å². The molecule has 2 aromatic rings. The third-order valence-electron chi connectivity index (χ3n) is 2.85. The highest BCUT2D eigenvalue weighted by atomic mass is 16.6. The average molecular weight is 331 g/mol. The van der Waals surface area contributed by atoms with Gasteiger partial charge in [0.25, 0.3) is 5.88 Å². The first kappa shape index (κ1) is 17.1. The topological polar surface area (TPSA) is 119 Å². The zero-order valence-electron chi connectivity index (χ0n) is 13.2. The van der Waals surface area contributed by atoms with E-state index < -0.39 is 10.6 Å². The van der Waals surface area contributed by atoms with Crippen LogP contribution >= 0.6 is 0 Å². The fourth-order valence-electron chi connectivity index (χ4n) is 1.88. The Hall–Kier alpha value is -3.23. The van der Waals surface area contributed by atoms with Crippen molar-refractivity contribution in [3.8, 4) is 5.88 Å². The van der Waals surface area contributed by atoms with E-state index in [-0.39, 0.29) is 30.1 Å². The van der Waals surface area contributed by atoms with Crippen LogP contribution in [0.2, 0.25) is 0 Å². The van der Waals surface area contributed by atoms with Gasteiger partial charge in [-0.05, 0) is 19.4 Å². The second-order valence-corrected chi connectivity index (χ2v) is 5.14. The number of carbonyl (C=O) groups excluding carboxylic acids is 1. The minimum Gasteiger partial charge on any atom is -0.470 e. The fraction of sp³-hybridized carbons (Fsp3) is 0.267.